The van der Waals surface area contributed by atoms with Crippen molar-refractivity contribution < 1.29 is 14.2 Å². The molecule has 2 atom stereocenters. The van der Waals surface area contributed by atoms with Crippen molar-refractivity contribution in [1.82, 2.24) is 5.32 Å². The Morgan fingerprint density at radius 3 is 2.71 bits per heavy atom. The zero-order chi connectivity index (χ0) is 15.2. The summed E-state index contributed by atoms with van der Waals surface area (Å²) in [5.74, 6) is 1.24. The number of nitrogens with one attached hydrogen (secondary N) is 1. The van der Waals surface area contributed by atoms with Crippen molar-refractivity contribution in [3.05, 3.63) is 22.2 Å². The van der Waals surface area contributed by atoms with Crippen molar-refractivity contribution in [2.75, 3.05) is 27.4 Å². The van der Waals surface area contributed by atoms with E-state index in [1.807, 2.05) is 12.1 Å². The largest absolute Gasteiger partial charge is 0.493 e. The molecule has 1 aliphatic heterocycles. The molecular formula is C15H19BrN2O3. The molecule has 0 aliphatic carbocycles. The van der Waals surface area contributed by atoms with Crippen molar-refractivity contribution in [3.8, 4) is 17.6 Å². The molecule has 1 N–H and O–H groups in total. The molecule has 0 bridgehead atoms. The molecule has 2 unspecified atom stereocenters. The standard InChI is InChI=1S/C15H19BrN2O3/c1-19-14-6-11(12(16)7-15(14)20-2)13(8-17)18-9-10-4-3-5-21-10/h6-7,10,13,18H,3-5,9H2,1-2H3. The van der Waals surface area contributed by atoms with Crippen molar-refractivity contribution in [3.63, 3.8) is 0 Å². The Morgan fingerprint density at radius 2 is 2.14 bits per heavy atom. The van der Waals surface area contributed by atoms with Gasteiger partial charge in [0.15, 0.2) is 11.5 Å². The van der Waals surface area contributed by atoms with Crippen LogP contribution >= 0.6 is 15.9 Å². The molecule has 1 aliphatic rings. The first-order valence-electron chi connectivity index (χ1n) is 6.85. The highest BCUT2D eigenvalue weighted by molar-refractivity contribution is 9.10. The summed E-state index contributed by atoms with van der Waals surface area (Å²) in [7, 11) is 3.16. The second-order valence-electron chi connectivity index (χ2n) is 4.83. The Morgan fingerprint density at radius 1 is 1.43 bits per heavy atom. The predicted octanol–water partition coefficient (Wildman–Crippen LogP) is 2.80. The van der Waals surface area contributed by atoms with Crippen LogP contribution in [0, 0.1) is 11.3 Å². The minimum absolute atomic E-state index is 0.194. The average molecular weight is 355 g/mol. The number of hydrogen-bond donors (Lipinski definition) is 1. The molecule has 1 aromatic rings. The van der Waals surface area contributed by atoms with Crippen molar-refractivity contribution in [1.29, 1.82) is 5.26 Å². The molecule has 1 saturated heterocycles. The molecule has 0 radical (unpaired) electrons. The van der Waals surface area contributed by atoms with Crippen LogP contribution in [0.5, 0.6) is 11.5 Å². The fourth-order valence-electron chi connectivity index (χ4n) is 2.37. The Bertz CT molecular complexity index is 524. The Labute approximate surface area is 133 Å². The molecular weight excluding hydrogens is 336 g/mol. The third-order valence-corrected chi connectivity index (χ3v) is 4.20. The predicted molar refractivity (Wildman–Crippen MR) is 82.6 cm³/mol. The summed E-state index contributed by atoms with van der Waals surface area (Å²) in [5.41, 5.74) is 0.827. The van der Waals surface area contributed by atoms with E-state index in [1.165, 1.54) is 0 Å². The van der Waals surface area contributed by atoms with E-state index in [4.69, 9.17) is 14.2 Å². The van der Waals surface area contributed by atoms with Gasteiger partial charge in [0.1, 0.15) is 6.04 Å². The quantitative estimate of drug-likeness (QED) is 0.850. The van der Waals surface area contributed by atoms with E-state index >= 15 is 0 Å². The van der Waals surface area contributed by atoms with E-state index in [0.29, 0.717) is 18.0 Å². The third kappa shape index (κ3) is 3.88. The van der Waals surface area contributed by atoms with E-state index < -0.39 is 6.04 Å². The highest BCUT2D eigenvalue weighted by Gasteiger charge is 2.21. The molecule has 21 heavy (non-hydrogen) atoms. The number of halogens is 1. The molecule has 2 rings (SSSR count). The van der Waals surface area contributed by atoms with Crippen LogP contribution < -0.4 is 14.8 Å². The van der Waals surface area contributed by atoms with Crippen molar-refractivity contribution in [2.24, 2.45) is 0 Å². The summed E-state index contributed by atoms with van der Waals surface area (Å²) in [6, 6.07) is 5.48. The van der Waals surface area contributed by atoms with E-state index in [-0.39, 0.29) is 6.10 Å². The summed E-state index contributed by atoms with van der Waals surface area (Å²) in [4.78, 5) is 0. The summed E-state index contributed by atoms with van der Waals surface area (Å²) >= 11 is 3.49. The zero-order valence-electron chi connectivity index (χ0n) is 12.2. The van der Waals surface area contributed by atoms with Gasteiger partial charge >= 0.3 is 0 Å². The molecule has 0 aromatic heterocycles. The van der Waals surface area contributed by atoms with Crippen LogP contribution in [0.25, 0.3) is 0 Å². The van der Waals surface area contributed by atoms with Gasteiger partial charge in [-0.3, -0.25) is 5.32 Å². The van der Waals surface area contributed by atoms with Crippen LogP contribution in [0.1, 0.15) is 24.4 Å². The number of nitriles is 1. The monoisotopic (exact) mass is 354 g/mol. The van der Waals surface area contributed by atoms with Gasteiger partial charge < -0.3 is 14.2 Å². The van der Waals surface area contributed by atoms with Crippen LogP contribution in [0.4, 0.5) is 0 Å². The molecule has 0 spiro atoms. The van der Waals surface area contributed by atoms with Gasteiger partial charge in [-0.1, -0.05) is 15.9 Å². The van der Waals surface area contributed by atoms with Gasteiger partial charge in [-0.25, -0.2) is 0 Å². The van der Waals surface area contributed by atoms with Crippen LogP contribution in [-0.4, -0.2) is 33.5 Å². The van der Waals surface area contributed by atoms with Crippen molar-refractivity contribution in [2.45, 2.75) is 25.0 Å². The minimum Gasteiger partial charge on any atom is -0.493 e. The lowest BCUT2D eigenvalue weighted by Gasteiger charge is -2.18. The van der Waals surface area contributed by atoms with E-state index in [2.05, 4.69) is 27.3 Å². The first-order chi connectivity index (χ1) is 10.2. The van der Waals surface area contributed by atoms with E-state index in [0.717, 1.165) is 29.5 Å². The van der Waals surface area contributed by atoms with Crippen LogP contribution in [0.3, 0.4) is 0 Å². The van der Waals surface area contributed by atoms with Gasteiger partial charge in [-0.05, 0) is 25.0 Å². The molecule has 114 valence electrons. The molecule has 0 amide bonds. The Kier molecular flexibility index (Phi) is 5.85. The summed E-state index contributed by atoms with van der Waals surface area (Å²) < 4.78 is 16.9. The highest BCUT2D eigenvalue weighted by Crippen LogP contribution is 2.36. The third-order valence-electron chi connectivity index (χ3n) is 3.52. The minimum atomic E-state index is -0.427. The number of ether oxygens (including phenoxy) is 3. The number of nitrogens with zero attached hydrogens (tertiary/aromatic N) is 1. The number of benzene rings is 1. The topological polar surface area (TPSA) is 63.5 Å². The van der Waals surface area contributed by atoms with Crippen LogP contribution in [0.2, 0.25) is 0 Å². The van der Waals surface area contributed by atoms with Crippen LogP contribution in [-0.2, 0) is 4.74 Å². The highest BCUT2D eigenvalue weighted by atomic mass is 79.9. The molecule has 6 heteroatoms. The number of rotatable bonds is 6. The first-order valence-corrected chi connectivity index (χ1v) is 7.65. The van der Waals surface area contributed by atoms with E-state index in [9.17, 15) is 5.26 Å². The van der Waals surface area contributed by atoms with Gasteiger partial charge in [0.25, 0.3) is 0 Å². The molecule has 1 fully saturated rings. The maximum atomic E-state index is 9.42. The second-order valence-corrected chi connectivity index (χ2v) is 5.69. The fraction of sp³-hybridized carbons (Fsp3) is 0.533. The molecule has 5 nitrogen and oxygen atoms in total. The number of methoxy groups -OCH3 is 2. The summed E-state index contributed by atoms with van der Waals surface area (Å²) in [6.45, 7) is 1.47. The Hall–Kier alpha value is -1.29. The van der Waals surface area contributed by atoms with E-state index in [1.54, 1.807) is 14.2 Å². The maximum Gasteiger partial charge on any atom is 0.161 e. The summed E-state index contributed by atoms with van der Waals surface area (Å²) in [6.07, 6.45) is 2.32. The normalized spacial score (nSPS) is 19.0. The average Bonchev–Trinajstić information content (AvgIpc) is 3.02. The second kappa shape index (κ2) is 7.64. The summed E-state index contributed by atoms with van der Waals surface area (Å²) in [5, 5.41) is 12.7. The lowest BCUT2D eigenvalue weighted by Crippen LogP contribution is -2.29. The number of hydrogen-bond acceptors (Lipinski definition) is 5. The zero-order valence-corrected chi connectivity index (χ0v) is 13.8. The smallest absolute Gasteiger partial charge is 0.161 e. The van der Waals surface area contributed by atoms with Gasteiger partial charge in [-0.15, -0.1) is 0 Å². The lowest BCUT2D eigenvalue weighted by atomic mass is 10.1. The van der Waals surface area contributed by atoms with Gasteiger partial charge in [0.05, 0.1) is 26.4 Å². The molecule has 0 saturated carbocycles. The lowest BCUT2D eigenvalue weighted by molar-refractivity contribution is 0.109. The van der Waals surface area contributed by atoms with Crippen LogP contribution in [0.15, 0.2) is 16.6 Å². The van der Waals surface area contributed by atoms with Gasteiger partial charge in [0.2, 0.25) is 0 Å². The Balaban J connectivity index is 2.15. The fourth-order valence-corrected chi connectivity index (χ4v) is 2.92. The maximum absolute atomic E-state index is 9.42. The SMILES string of the molecule is COc1cc(Br)c(C(C#N)NCC2CCCO2)cc1OC. The molecule has 1 aromatic carbocycles. The van der Waals surface area contributed by atoms with Gasteiger partial charge in [-0.2, -0.15) is 5.26 Å². The molecule has 1 heterocycles. The first kappa shape index (κ1) is 16.1. The van der Waals surface area contributed by atoms with Crippen molar-refractivity contribution >= 4 is 15.9 Å². The van der Waals surface area contributed by atoms with Gasteiger partial charge in [0, 0.05) is 23.2 Å².